The van der Waals surface area contributed by atoms with E-state index in [9.17, 15) is 5.11 Å². The minimum Gasteiger partial charge on any atom is -0.496 e. The number of nitrogens with zero attached hydrogens (tertiary/aromatic N) is 1. The van der Waals surface area contributed by atoms with Crippen LogP contribution in [0.2, 0.25) is 0 Å². The molecule has 0 unspecified atom stereocenters. The average molecular weight is 404 g/mol. The zero-order valence-electron chi connectivity index (χ0n) is 17.4. The summed E-state index contributed by atoms with van der Waals surface area (Å²) in [5, 5.41) is 15.4. The van der Waals surface area contributed by atoms with E-state index >= 15 is 0 Å². The molecule has 0 atom stereocenters. The van der Waals surface area contributed by atoms with Gasteiger partial charge in [-0.25, -0.2) is 4.98 Å². The average Bonchev–Trinajstić information content (AvgIpc) is 2.77. The topological polar surface area (TPSA) is 72.8 Å². The van der Waals surface area contributed by atoms with E-state index in [-0.39, 0.29) is 6.61 Å². The second-order valence-corrected chi connectivity index (χ2v) is 6.97. The van der Waals surface area contributed by atoms with Gasteiger partial charge in [0.2, 0.25) is 0 Å². The summed E-state index contributed by atoms with van der Waals surface area (Å²) >= 11 is 0. The first-order chi connectivity index (χ1) is 14.6. The molecule has 2 N–H and O–H groups in total. The molecule has 154 valence electrons. The number of aliphatic hydroxyl groups is 1. The Hall–Kier alpha value is -3.51. The van der Waals surface area contributed by atoms with Gasteiger partial charge in [0.15, 0.2) is 11.5 Å². The fraction of sp³-hybridized carbons (Fsp3) is 0.208. The zero-order chi connectivity index (χ0) is 21.3. The molecule has 0 aliphatic rings. The summed E-state index contributed by atoms with van der Waals surface area (Å²) in [5.74, 6) is 1.74. The maximum absolute atomic E-state index is 10.1. The lowest BCUT2D eigenvalue weighted by atomic mass is 10.0. The predicted octanol–water partition coefficient (Wildman–Crippen LogP) is 4.96. The molecule has 4 aromatic rings. The van der Waals surface area contributed by atoms with Gasteiger partial charge in [0.1, 0.15) is 5.75 Å². The molecule has 0 bridgehead atoms. The Bertz CT molecular complexity index is 1220. The Labute approximate surface area is 175 Å². The Balaban J connectivity index is 2.10. The van der Waals surface area contributed by atoms with Crippen LogP contribution < -0.4 is 19.5 Å². The van der Waals surface area contributed by atoms with Crippen LogP contribution in [0.25, 0.3) is 21.8 Å². The van der Waals surface area contributed by atoms with Crippen molar-refractivity contribution in [3.05, 3.63) is 59.7 Å². The molecule has 3 aromatic carbocycles. The van der Waals surface area contributed by atoms with Gasteiger partial charge in [-0.05, 0) is 36.8 Å². The molecule has 6 nitrogen and oxygen atoms in total. The molecule has 0 amide bonds. The third kappa shape index (κ3) is 3.25. The van der Waals surface area contributed by atoms with Crippen LogP contribution in [0.3, 0.4) is 0 Å². The molecule has 0 saturated heterocycles. The van der Waals surface area contributed by atoms with Crippen molar-refractivity contribution in [3.8, 4) is 17.2 Å². The second-order valence-electron chi connectivity index (χ2n) is 6.97. The van der Waals surface area contributed by atoms with E-state index in [0.717, 1.165) is 39.0 Å². The molecular weight excluding hydrogens is 380 g/mol. The highest BCUT2D eigenvalue weighted by atomic mass is 16.5. The number of fused-ring (bicyclic) bond motifs is 2. The van der Waals surface area contributed by atoms with Crippen LogP contribution in [0.15, 0.2) is 48.5 Å². The highest BCUT2D eigenvalue weighted by molar-refractivity contribution is 6.06. The Morgan fingerprint density at radius 3 is 2.30 bits per heavy atom. The summed E-state index contributed by atoms with van der Waals surface area (Å²) in [6, 6.07) is 15.8. The van der Waals surface area contributed by atoms with Gasteiger partial charge in [0.25, 0.3) is 0 Å². The van der Waals surface area contributed by atoms with Crippen LogP contribution in [0.4, 0.5) is 11.4 Å². The highest BCUT2D eigenvalue weighted by Gasteiger charge is 2.23. The van der Waals surface area contributed by atoms with E-state index in [1.165, 1.54) is 0 Å². The summed E-state index contributed by atoms with van der Waals surface area (Å²) in [5.41, 5.74) is 4.65. The molecule has 0 radical (unpaired) electrons. The van der Waals surface area contributed by atoms with E-state index in [0.29, 0.717) is 22.6 Å². The number of hydrogen-bond acceptors (Lipinski definition) is 6. The van der Waals surface area contributed by atoms with Gasteiger partial charge >= 0.3 is 0 Å². The molecule has 0 saturated carbocycles. The number of pyridine rings is 1. The number of methoxy groups -OCH3 is 3. The minimum absolute atomic E-state index is 0.233. The van der Waals surface area contributed by atoms with Crippen molar-refractivity contribution in [2.45, 2.75) is 13.5 Å². The number of benzene rings is 3. The molecule has 30 heavy (non-hydrogen) atoms. The lowest BCUT2D eigenvalue weighted by Gasteiger charge is -2.20. The number of aryl methyl sites for hydroxylation is 1. The van der Waals surface area contributed by atoms with Crippen molar-refractivity contribution in [1.29, 1.82) is 0 Å². The SMILES string of the molecule is COc1cc2nc3c(CO)c(OC)c(OC)c(Nc4ccccc4)c3cc2cc1C. The third-order valence-corrected chi connectivity index (χ3v) is 5.20. The summed E-state index contributed by atoms with van der Waals surface area (Å²) < 4.78 is 16.8. The van der Waals surface area contributed by atoms with Crippen molar-refractivity contribution in [2.75, 3.05) is 26.6 Å². The molecule has 1 heterocycles. The lowest BCUT2D eigenvalue weighted by Crippen LogP contribution is -2.04. The molecule has 0 aliphatic heterocycles. The number of ether oxygens (including phenoxy) is 3. The minimum atomic E-state index is -0.233. The third-order valence-electron chi connectivity index (χ3n) is 5.20. The van der Waals surface area contributed by atoms with Crippen LogP contribution >= 0.6 is 0 Å². The molecule has 6 heteroatoms. The number of hydrogen-bond donors (Lipinski definition) is 2. The molecule has 0 fully saturated rings. The van der Waals surface area contributed by atoms with Gasteiger partial charge in [-0.3, -0.25) is 0 Å². The van der Waals surface area contributed by atoms with Gasteiger partial charge in [0.05, 0.1) is 44.7 Å². The number of nitrogens with one attached hydrogen (secondary N) is 1. The second kappa shape index (κ2) is 8.08. The maximum atomic E-state index is 10.1. The first-order valence-corrected chi connectivity index (χ1v) is 9.60. The van der Waals surface area contributed by atoms with Crippen molar-refractivity contribution in [1.82, 2.24) is 4.98 Å². The molecule has 0 spiro atoms. The van der Waals surface area contributed by atoms with Gasteiger partial charge in [-0.1, -0.05) is 18.2 Å². The van der Waals surface area contributed by atoms with Crippen LogP contribution in [0.1, 0.15) is 11.1 Å². The van der Waals surface area contributed by atoms with Crippen LogP contribution in [0.5, 0.6) is 17.2 Å². The van der Waals surface area contributed by atoms with E-state index in [1.54, 1.807) is 21.3 Å². The van der Waals surface area contributed by atoms with Gasteiger partial charge in [-0.15, -0.1) is 0 Å². The number of para-hydroxylation sites is 1. The normalized spacial score (nSPS) is 11.0. The monoisotopic (exact) mass is 404 g/mol. The molecule has 1 aromatic heterocycles. The Morgan fingerprint density at radius 2 is 1.67 bits per heavy atom. The molecular formula is C24H24N2O4. The first-order valence-electron chi connectivity index (χ1n) is 9.60. The maximum Gasteiger partial charge on any atom is 0.185 e. The van der Waals surface area contributed by atoms with E-state index in [2.05, 4.69) is 11.4 Å². The molecule has 4 rings (SSSR count). The van der Waals surface area contributed by atoms with E-state index in [4.69, 9.17) is 19.2 Å². The van der Waals surface area contributed by atoms with Gasteiger partial charge in [0, 0.05) is 28.1 Å². The van der Waals surface area contributed by atoms with Gasteiger partial charge < -0.3 is 24.6 Å². The van der Waals surface area contributed by atoms with Gasteiger partial charge in [-0.2, -0.15) is 0 Å². The summed E-state index contributed by atoms with van der Waals surface area (Å²) in [6.45, 7) is 1.77. The number of rotatable bonds is 6. The van der Waals surface area contributed by atoms with E-state index < -0.39 is 0 Å². The number of aliphatic hydroxyl groups excluding tert-OH is 1. The lowest BCUT2D eigenvalue weighted by molar-refractivity contribution is 0.272. The van der Waals surface area contributed by atoms with Crippen LogP contribution in [0, 0.1) is 6.92 Å². The molecule has 0 aliphatic carbocycles. The van der Waals surface area contributed by atoms with Crippen molar-refractivity contribution in [3.63, 3.8) is 0 Å². The smallest absolute Gasteiger partial charge is 0.185 e. The summed E-state index contributed by atoms with van der Waals surface area (Å²) in [7, 11) is 4.79. The van der Waals surface area contributed by atoms with Crippen LogP contribution in [-0.2, 0) is 6.61 Å². The van der Waals surface area contributed by atoms with Crippen molar-refractivity contribution >= 4 is 33.2 Å². The first kappa shape index (κ1) is 19.8. The Kier molecular flexibility index (Phi) is 5.33. The quantitative estimate of drug-likeness (QED) is 0.443. The van der Waals surface area contributed by atoms with Crippen LogP contribution in [-0.4, -0.2) is 31.4 Å². The zero-order valence-corrected chi connectivity index (χ0v) is 17.4. The fourth-order valence-electron chi connectivity index (χ4n) is 3.78. The summed E-state index contributed by atoms with van der Waals surface area (Å²) in [6.07, 6.45) is 0. The number of anilines is 2. The number of aromatic nitrogens is 1. The predicted molar refractivity (Wildman–Crippen MR) is 119 cm³/mol. The highest BCUT2D eigenvalue weighted by Crippen LogP contribution is 2.46. The standard InChI is InChI=1S/C24H24N2O4/c1-14-10-15-11-17-21(26-19(15)12-20(14)28-2)18(13-27)23(29-3)24(30-4)22(17)25-16-8-6-5-7-9-16/h5-12,25,27H,13H2,1-4H3. The van der Waals surface area contributed by atoms with Crippen molar-refractivity contribution in [2.24, 2.45) is 0 Å². The fourth-order valence-corrected chi connectivity index (χ4v) is 3.78. The van der Waals surface area contributed by atoms with E-state index in [1.807, 2.05) is 49.4 Å². The Morgan fingerprint density at radius 1 is 0.933 bits per heavy atom. The summed E-state index contributed by atoms with van der Waals surface area (Å²) in [4.78, 5) is 4.87. The van der Waals surface area contributed by atoms with Crippen molar-refractivity contribution < 1.29 is 19.3 Å². The largest absolute Gasteiger partial charge is 0.496 e.